The molecule has 0 bridgehead atoms. The number of alkyl halides is 1. The monoisotopic (exact) mass is 283 g/mol. The third-order valence-electron chi connectivity index (χ3n) is 2.28. The van der Waals surface area contributed by atoms with Gasteiger partial charge in [0.05, 0.1) is 12.0 Å². The summed E-state index contributed by atoms with van der Waals surface area (Å²) in [6.45, 7) is 0.00883. The molecule has 9 heteroatoms. The minimum Gasteiger partial charge on any atom is -0.478 e. The van der Waals surface area contributed by atoms with Crippen molar-refractivity contribution in [3.8, 4) is 5.75 Å². The van der Waals surface area contributed by atoms with E-state index < -0.39 is 4.92 Å². The smallest absolute Gasteiger partial charge is 0.311 e. The van der Waals surface area contributed by atoms with Gasteiger partial charge < -0.3 is 4.74 Å². The van der Waals surface area contributed by atoms with E-state index >= 15 is 0 Å². The molecule has 0 aliphatic heterocycles. The number of halogens is 1. The summed E-state index contributed by atoms with van der Waals surface area (Å²) in [5.74, 6) is 0.692. The van der Waals surface area contributed by atoms with Crippen LogP contribution < -0.4 is 4.74 Å². The van der Waals surface area contributed by atoms with E-state index in [0.29, 0.717) is 11.4 Å². The number of aromatic nitrogens is 4. The Morgan fingerprint density at radius 1 is 1.53 bits per heavy atom. The fourth-order valence-corrected chi connectivity index (χ4v) is 1.60. The van der Waals surface area contributed by atoms with Gasteiger partial charge in [0.25, 0.3) is 0 Å². The van der Waals surface area contributed by atoms with E-state index in [1.807, 2.05) is 0 Å². The lowest BCUT2D eigenvalue weighted by molar-refractivity contribution is -0.386. The van der Waals surface area contributed by atoms with Crippen LogP contribution in [-0.4, -0.2) is 25.1 Å². The first-order chi connectivity index (χ1) is 9.10. The summed E-state index contributed by atoms with van der Waals surface area (Å²) >= 11 is 5.64. The van der Waals surface area contributed by atoms with E-state index in [9.17, 15) is 10.1 Å². The highest BCUT2D eigenvalue weighted by atomic mass is 35.5. The second-order valence-electron chi connectivity index (χ2n) is 3.68. The molecule has 2 aromatic rings. The van der Waals surface area contributed by atoms with Gasteiger partial charge in [-0.15, -0.1) is 21.8 Å². The van der Waals surface area contributed by atoms with Gasteiger partial charge in [0.2, 0.25) is 5.82 Å². The van der Waals surface area contributed by atoms with Crippen molar-refractivity contribution in [1.82, 2.24) is 20.2 Å². The van der Waals surface area contributed by atoms with Crippen LogP contribution in [0.3, 0.4) is 0 Å². The SMILES string of the molecule is Cn1nnc(COc2ccc(CCl)cc2[N+](=O)[O-])n1. The van der Waals surface area contributed by atoms with Crippen LogP contribution in [0.1, 0.15) is 11.4 Å². The van der Waals surface area contributed by atoms with E-state index in [1.54, 1.807) is 13.1 Å². The fraction of sp³-hybridized carbons (Fsp3) is 0.300. The number of tetrazole rings is 1. The zero-order valence-electron chi connectivity index (χ0n) is 9.99. The lowest BCUT2D eigenvalue weighted by Crippen LogP contribution is -2.02. The Morgan fingerprint density at radius 2 is 2.32 bits per heavy atom. The standard InChI is InChI=1S/C10H10ClN5O3/c1-15-13-10(12-14-15)6-19-9-3-2-7(5-11)4-8(9)16(17)18/h2-4H,5-6H2,1H3. The van der Waals surface area contributed by atoms with Crippen molar-refractivity contribution < 1.29 is 9.66 Å². The maximum absolute atomic E-state index is 10.9. The highest BCUT2D eigenvalue weighted by Crippen LogP contribution is 2.28. The van der Waals surface area contributed by atoms with E-state index in [1.165, 1.54) is 16.9 Å². The third kappa shape index (κ3) is 3.16. The Kier molecular flexibility index (Phi) is 3.91. The molecule has 0 amide bonds. The van der Waals surface area contributed by atoms with Crippen LogP contribution in [0.2, 0.25) is 0 Å². The lowest BCUT2D eigenvalue weighted by Gasteiger charge is -2.05. The van der Waals surface area contributed by atoms with Gasteiger partial charge in [0.15, 0.2) is 12.4 Å². The number of nitrogens with zero attached hydrogens (tertiary/aromatic N) is 5. The molecule has 0 radical (unpaired) electrons. The molecule has 0 aliphatic rings. The molecule has 0 atom stereocenters. The van der Waals surface area contributed by atoms with Gasteiger partial charge in [-0.1, -0.05) is 6.07 Å². The number of ether oxygens (including phenoxy) is 1. The first-order valence-electron chi connectivity index (χ1n) is 5.29. The number of aryl methyl sites for hydroxylation is 1. The van der Waals surface area contributed by atoms with Crippen LogP contribution in [-0.2, 0) is 19.5 Å². The number of rotatable bonds is 5. The predicted molar refractivity (Wildman–Crippen MR) is 65.8 cm³/mol. The van der Waals surface area contributed by atoms with Crippen molar-refractivity contribution in [2.75, 3.05) is 0 Å². The van der Waals surface area contributed by atoms with Crippen LogP contribution in [0.25, 0.3) is 0 Å². The number of benzene rings is 1. The normalized spacial score (nSPS) is 10.4. The van der Waals surface area contributed by atoms with Crippen molar-refractivity contribution in [2.45, 2.75) is 12.5 Å². The van der Waals surface area contributed by atoms with E-state index in [4.69, 9.17) is 16.3 Å². The predicted octanol–water partition coefficient (Wildman–Crippen LogP) is 1.44. The quantitative estimate of drug-likeness (QED) is 0.468. The average molecular weight is 284 g/mol. The largest absolute Gasteiger partial charge is 0.478 e. The van der Waals surface area contributed by atoms with Crippen LogP contribution in [0.4, 0.5) is 5.69 Å². The molecule has 0 saturated heterocycles. The second-order valence-corrected chi connectivity index (χ2v) is 3.94. The minimum atomic E-state index is -0.518. The van der Waals surface area contributed by atoms with Gasteiger partial charge in [-0.05, 0) is 16.8 Å². The summed E-state index contributed by atoms with van der Waals surface area (Å²) in [4.78, 5) is 11.7. The number of hydrogen-bond acceptors (Lipinski definition) is 6. The fourth-order valence-electron chi connectivity index (χ4n) is 1.43. The van der Waals surface area contributed by atoms with Gasteiger partial charge in [-0.3, -0.25) is 10.1 Å². The summed E-state index contributed by atoms with van der Waals surface area (Å²) in [6, 6.07) is 4.55. The molecule has 1 aromatic carbocycles. The Morgan fingerprint density at radius 3 is 2.89 bits per heavy atom. The Hall–Kier alpha value is -2.22. The van der Waals surface area contributed by atoms with Gasteiger partial charge in [-0.25, -0.2) is 0 Å². The topological polar surface area (TPSA) is 96.0 Å². The molecule has 19 heavy (non-hydrogen) atoms. The van der Waals surface area contributed by atoms with E-state index in [0.717, 1.165) is 0 Å². The zero-order chi connectivity index (χ0) is 13.8. The summed E-state index contributed by atoms with van der Waals surface area (Å²) in [5, 5.41) is 22.2. The molecular formula is C10H10ClN5O3. The summed E-state index contributed by atoms with van der Waals surface area (Å²) in [7, 11) is 1.62. The molecule has 1 heterocycles. The van der Waals surface area contributed by atoms with E-state index in [-0.39, 0.29) is 23.9 Å². The molecular weight excluding hydrogens is 274 g/mol. The van der Waals surface area contributed by atoms with Crippen LogP contribution >= 0.6 is 11.6 Å². The average Bonchev–Trinajstić information content (AvgIpc) is 2.82. The first-order valence-corrected chi connectivity index (χ1v) is 5.82. The zero-order valence-corrected chi connectivity index (χ0v) is 10.7. The third-order valence-corrected chi connectivity index (χ3v) is 2.59. The molecule has 100 valence electrons. The Balaban J connectivity index is 2.17. The maximum Gasteiger partial charge on any atom is 0.311 e. The molecule has 1 aromatic heterocycles. The number of hydrogen-bond donors (Lipinski definition) is 0. The highest BCUT2D eigenvalue weighted by Gasteiger charge is 2.16. The minimum absolute atomic E-state index is 0.00883. The van der Waals surface area contributed by atoms with Crippen LogP contribution in [0.5, 0.6) is 5.75 Å². The number of nitro benzene ring substituents is 1. The summed E-state index contributed by atoms with van der Waals surface area (Å²) < 4.78 is 5.33. The molecule has 8 nitrogen and oxygen atoms in total. The molecule has 0 spiro atoms. The van der Waals surface area contributed by atoms with Crippen molar-refractivity contribution in [3.63, 3.8) is 0 Å². The van der Waals surface area contributed by atoms with Gasteiger partial charge >= 0.3 is 5.69 Å². The lowest BCUT2D eigenvalue weighted by atomic mass is 10.2. The van der Waals surface area contributed by atoms with Crippen LogP contribution in [0, 0.1) is 10.1 Å². The molecule has 0 unspecified atom stereocenters. The van der Waals surface area contributed by atoms with Crippen molar-refractivity contribution in [1.29, 1.82) is 0 Å². The molecule has 2 rings (SSSR count). The summed E-state index contributed by atoms with van der Waals surface area (Å²) in [5.41, 5.74) is 0.514. The van der Waals surface area contributed by atoms with Crippen molar-refractivity contribution in [3.05, 3.63) is 39.7 Å². The first kappa shape index (κ1) is 13.2. The summed E-state index contributed by atoms with van der Waals surface area (Å²) in [6.07, 6.45) is 0. The van der Waals surface area contributed by atoms with Crippen molar-refractivity contribution in [2.24, 2.45) is 7.05 Å². The maximum atomic E-state index is 10.9. The highest BCUT2D eigenvalue weighted by molar-refractivity contribution is 6.17. The van der Waals surface area contributed by atoms with Crippen molar-refractivity contribution >= 4 is 17.3 Å². The Bertz CT molecular complexity index is 601. The molecule has 0 fully saturated rings. The molecule has 0 aliphatic carbocycles. The van der Waals surface area contributed by atoms with Crippen LogP contribution in [0.15, 0.2) is 18.2 Å². The number of nitro groups is 1. The van der Waals surface area contributed by atoms with Gasteiger partial charge in [0.1, 0.15) is 0 Å². The van der Waals surface area contributed by atoms with Gasteiger partial charge in [0, 0.05) is 11.9 Å². The van der Waals surface area contributed by atoms with E-state index in [2.05, 4.69) is 15.4 Å². The Labute approximate surface area is 113 Å². The second kappa shape index (κ2) is 5.61. The molecule has 0 saturated carbocycles. The molecule has 0 N–H and O–H groups in total. The van der Waals surface area contributed by atoms with Gasteiger partial charge in [-0.2, -0.15) is 4.80 Å².